The van der Waals surface area contributed by atoms with E-state index in [2.05, 4.69) is 33.9 Å². The number of nitrogens with two attached hydrogens (primary N) is 1. The second kappa shape index (κ2) is 16.3. The number of aromatic hydroxyl groups is 1. The normalized spacial score (nSPS) is 13.0. The van der Waals surface area contributed by atoms with Crippen molar-refractivity contribution >= 4 is 41.4 Å². The van der Waals surface area contributed by atoms with E-state index in [0.717, 1.165) is 11.1 Å². The SMILES string of the molecule is CC(C)C[C@@H](NC(=O)[C@H](Cc1ccccc1)NC(=O)CNC(=O)CNC(=O)[C@@H](N)Cc1ccc(O)cc1)C(=O)S. The Morgan fingerprint density at radius 1 is 0.775 bits per heavy atom. The van der Waals surface area contributed by atoms with Crippen LogP contribution in [0.25, 0.3) is 0 Å². The Bertz CT molecular complexity index is 1160. The molecule has 0 radical (unpaired) electrons. The van der Waals surface area contributed by atoms with Crippen LogP contribution in [-0.4, -0.2) is 65.1 Å². The Hall–Kier alpha value is -3.90. The first-order chi connectivity index (χ1) is 18.9. The summed E-state index contributed by atoms with van der Waals surface area (Å²) in [6.07, 6.45) is 0.759. The molecular formula is C28H37N5O6S. The van der Waals surface area contributed by atoms with Gasteiger partial charge in [-0.2, -0.15) is 0 Å². The molecule has 0 unspecified atom stereocenters. The molecule has 11 nitrogen and oxygen atoms in total. The fourth-order valence-corrected chi connectivity index (χ4v) is 3.96. The van der Waals surface area contributed by atoms with E-state index in [-0.39, 0.29) is 24.5 Å². The molecule has 0 aromatic heterocycles. The summed E-state index contributed by atoms with van der Waals surface area (Å²) < 4.78 is 0. The summed E-state index contributed by atoms with van der Waals surface area (Å²) in [5.41, 5.74) is 7.42. The number of carbonyl (C=O) groups is 5. The lowest BCUT2D eigenvalue weighted by Gasteiger charge is -2.23. The molecule has 0 saturated heterocycles. The number of phenols is 1. The summed E-state index contributed by atoms with van der Waals surface area (Å²) >= 11 is 3.88. The predicted molar refractivity (Wildman–Crippen MR) is 153 cm³/mol. The zero-order chi connectivity index (χ0) is 29.7. The third-order valence-electron chi connectivity index (χ3n) is 5.85. The van der Waals surface area contributed by atoms with E-state index in [1.54, 1.807) is 36.4 Å². The Morgan fingerprint density at radius 3 is 1.98 bits per heavy atom. The standard InChI is InChI=1S/C28H37N5O6S/c1-17(2)12-23(28(39)40)33-27(38)22(14-18-6-4-3-5-7-18)32-25(36)16-30-24(35)15-31-26(37)21(29)13-19-8-10-20(34)11-9-19/h3-11,17,21-23,34H,12-16,29H2,1-2H3,(H,30,35)(H,31,37)(H,32,36)(H,33,38)(H,39,40)/t21-,22-,23+/m0/s1. The largest absolute Gasteiger partial charge is 0.508 e. The Kier molecular flexibility index (Phi) is 13.1. The number of amides is 4. The fourth-order valence-electron chi connectivity index (χ4n) is 3.79. The van der Waals surface area contributed by atoms with Crippen molar-refractivity contribution in [3.05, 3.63) is 65.7 Å². The first kappa shape index (κ1) is 32.3. The molecule has 2 rings (SSSR count). The molecule has 40 heavy (non-hydrogen) atoms. The molecular weight excluding hydrogens is 534 g/mol. The summed E-state index contributed by atoms with van der Waals surface area (Å²) in [4.78, 5) is 62.0. The highest BCUT2D eigenvalue weighted by Gasteiger charge is 2.26. The Labute approximate surface area is 239 Å². The molecule has 0 heterocycles. The molecule has 4 amide bonds. The smallest absolute Gasteiger partial charge is 0.243 e. The summed E-state index contributed by atoms with van der Waals surface area (Å²) in [6, 6.07) is 12.5. The highest BCUT2D eigenvalue weighted by molar-refractivity contribution is 7.96. The van der Waals surface area contributed by atoms with E-state index in [1.165, 1.54) is 12.1 Å². The van der Waals surface area contributed by atoms with Gasteiger partial charge in [0.2, 0.25) is 28.7 Å². The van der Waals surface area contributed by atoms with Gasteiger partial charge in [0.05, 0.1) is 25.2 Å². The predicted octanol–water partition coefficient (Wildman–Crippen LogP) is 0.209. The molecule has 0 aliphatic heterocycles. The maximum Gasteiger partial charge on any atom is 0.243 e. The van der Waals surface area contributed by atoms with Crippen LogP contribution in [0.2, 0.25) is 0 Å². The molecule has 0 spiro atoms. The van der Waals surface area contributed by atoms with Crippen LogP contribution in [0.1, 0.15) is 31.4 Å². The highest BCUT2D eigenvalue weighted by Crippen LogP contribution is 2.11. The molecule has 7 N–H and O–H groups in total. The van der Waals surface area contributed by atoms with Crippen molar-refractivity contribution in [3.63, 3.8) is 0 Å². The second-order valence-corrected chi connectivity index (χ2v) is 10.3. The van der Waals surface area contributed by atoms with Gasteiger partial charge in [-0.15, -0.1) is 12.6 Å². The third-order valence-corrected chi connectivity index (χ3v) is 6.17. The van der Waals surface area contributed by atoms with Crippen LogP contribution in [-0.2, 0) is 36.8 Å². The molecule has 2 aromatic carbocycles. The third kappa shape index (κ3) is 11.9. The van der Waals surface area contributed by atoms with E-state index in [1.807, 2.05) is 19.9 Å². The Balaban J connectivity index is 1.88. The molecule has 3 atom stereocenters. The number of benzene rings is 2. The fraction of sp³-hybridized carbons (Fsp3) is 0.393. The molecule has 0 aliphatic carbocycles. The zero-order valence-corrected chi connectivity index (χ0v) is 23.4. The molecule has 0 bridgehead atoms. The van der Waals surface area contributed by atoms with Crippen LogP contribution in [0, 0.1) is 5.92 Å². The van der Waals surface area contributed by atoms with Gasteiger partial charge in [0.15, 0.2) is 0 Å². The summed E-state index contributed by atoms with van der Waals surface area (Å²) in [6.45, 7) is 2.99. The number of phenolic OH excluding ortho intramolecular Hbond substituents is 1. The summed E-state index contributed by atoms with van der Waals surface area (Å²) in [7, 11) is 0. The van der Waals surface area contributed by atoms with Crippen molar-refractivity contribution in [1.29, 1.82) is 0 Å². The summed E-state index contributed by atoms with van der Waals surface area (Å²) in [5.74, 6) is -2.13. The molecule has 216 valence electrons. The number of hydrogen-bond acceptors (Lipinski definition) is 7. The molecule has 2 aromatic rings. The maximum absolute atomic E-state index is 13.0. The zero-order valence-electron chi connectivity index (χ0n) is 22.6. The maximum atomic E-state index is 13.0. The molecule has 0 saturated carbocycles. The highest BCUT2D eigenvalue weighted by atomic mass is 32.1. The van der Waals surface area contributed by atoms with Crippen LogP contribution in [0.5, 0.6) is 5.75 Å². The van der Waals surface area contributed by atoms with Gasteiger partial charge < -0.3 is 32.1 Å². The van der Waals surface area contributed by atoms with Crippen LogP contribution in [0.4, 0.5) is 0 Å². The van der Waals surface area contributed by atoms with E-state index < -0.39 is 60.0 Å². The van der Waals surface area contributed by atoms with Gasteiger partial charge in [0, 0.05) is 6.42 Å². The lowest BCUT2D eigenvalue weighted by atomic mass is 10.0. The number of hydrogen-bond donors (Lipinski definition) is 7. The van der Waals surface area contributed by atoms with E-state index in [0.29, 0.717) is 6.42 Å². The quantitative estimate of drug-likeness (QED) is 0.149. The lowest BCUT2D eigenvalue weighted by Crippen LogP contribution is -2.54. The Morgan fingerprint density at radius 2 is 1.38 bits per heavy atom. The van der Waals surface area contributed by atoms with Crippen molar-refractivity contribution < 1.29 is 29.1 Å². The van der Waals surface area contributed by atoms with Crippen LogP contribution >= 0.6 is 12.6 Å². The van der Waals surface area contributed by atoms with Crippen LogP contribution < -0.4 is 27.0 Å². The van der Waals surface area contributed by atoms with Gasteiger partial charge in [-0.25, -0.2) is 0 Å². The van der Waals surface area contributed by atoms with Crippen molar-refractivity contribution in [2.75, 3.05) is 13.1 Å². The first-order valence-electron chi connectivity index (χ1n) is 12.9. The lowest BCUT2D eigenvalue weighted by molar-refractivity contribution is -0.131. The van der Waals surface area contributed by atoms with Crippen molar-refractivity contribution in [3.8, 4) is 5.75 Å². The topological polar surface area (TPSA) is 180 Å². The van der Waals surface area contributed by atoms with Gasteiger partial charge in [0.25, 0.3) is 0 Å². The van der Waals surface area contributed by atoms with E-state index >= 15 is 0 Å². The van der Waals surface area contributed by atoms with Crippen LogP contribution in [0.3, 0.4) is 0 Å². The van der Waals surface area contributed by atoms with Gasteiger partial charge in [-0.3, -0.25) is 24.0 Å². The second-order valence-electron chi connectivity index (χ2n) is 9.81. The summed E-state index contributed by atoms with van der Waals surface area (Å²) in [5, 5.41) is 18.9. The number of carbonyl (C=O) groups excluding carboxylic acids is 5. The minimum absolute atomic E-state index is 0.0950. The molecule has 12 heteroatoms. The van der Waals surface area contributed by atoms with Crippen molar-refractivity contribution in [2.24, 2.45) is 11.7 Å². The number of thiol groups is 1. The van der Waals surface area contributed by atoms with E-state index in [4.69, 9.17) is 5.73 Å². The van der Waals surface area contributed by atoms with Gasteiger partial charge in [-0.05, 0) is 42.0 Å². The van der Waals surface area contributed by atoms with Crippen LogP contribution in [0.15, 0.2) is 54.6 Å². The van der Waals surface area contributed by atoms with Gasteiger partial charge >= 0.3 is 0 Å². The average molecular weight is 572 g/mol. The monoisotopic (exact) mass is 571 g/mol. The number of nitrogens with one attached hydrogen (secondary N) is 4. The van der Waals surface area contributed by atoms with Crippen molar-refractivity contribution in [1.82, 2.24) is 21.3 Å². The number of rotatable bonds is 15. The van der Waals surface area contributed by atoms with Gasteiger partial charge in [0.1, 0.15) is 11.8 Å². The van der Waals surface area contributed by atoms with E-state index in [9.17, 15) is 29.1 Å². The first-order valence-corrected chi connectivity index (χ1v) is 13.3. The molecule has 0 fully saturated rings. The minimum atomic E-state index is -1.01. The van der Waals surface area contributed by atoms with Crippen molar-refractivity contribution in [2.45, 2.75) is 51.2 Å². The van der Waals surface area contributed by atoms with Gasteiger partial charge in [-0.1, -0.05) is 56.3 Å². The molecule has 0 aliphatic rings. The average Bonchev–Trinajstić information content (AvgIpc) is 2.91. The minimum Gasteiger partial charge on any atom is -0.508 e.